The molecule has 0 saturated carbocycles. The van der Waals surface area contributed by atoms with Gasteiger partial charge in [0.25, 0.3) is 0 Å². The Morgan fingerprint density at radius 3 is 2.55 bits per heavy atom. The van der Waals surface area contributed by atoms with Crippen LogP contribution in [0.25, 0.3) is 11.1 Å². The van der Waals surface area contributed by atoms with E-state index in [4.69, 9.17) is 0 Å². The van der Waals surface area contributed by atoms with Crippen molar-refractivity contribution in [2.75, 3.05) is 0 Å². The van der Waals surface area contributed by atoms with Crippen molar-refractivity contribution in [3.05, 3.63) is 75.7 Å². The molecule has 0 bridgehead atoms. The first-order valence-electron chi connectivity index (χ1n) is 8.19. The summed E-state index contributed by atoms with van der Waals surface area (Å²) in [5.41, 5.74) is 6.08. The second-order valence-corrected chi connectivity index (χ2v) is 11.5. The van der Waals surface area contributed by atoms with E-state index in [1.165, 1.54) is 23.1 Å². The van der Waals surface area contributed by atoms with Crippen LogP contribution in [0.5, 0.6) is 0 Å². The third-order valence-electron chi connectivity index (χ3n) is 4.84. The van der Waals surface area contributed by atoms with Crippen molar-refractivity contribution in [3.63, 3.8) is 0 Å². The summed E-state index contributed by atoms with van der Waals surface area (Å²) in [7, 11) is 0. The molecule has 0 amide bonds. The molecule has 0 saturated heterocycles. The quantitative estimate of drug-likeness (QED) is 0.584. The average Bonchev–Trinajstić information content (AvgIpc) is 3.15. The molecule has 0 nitrogen and oxygen atoms in total. The second kappa shape index (κ2) is 5.68. The molecule has 2 aliphatic rings. The van der Waals surface area contributed by atoms with E-state index in [9.17, 15) is 0 Å². The SMILES string of the molecule is C[CH](C)[Ti]([C]1=CC=CC1)[c]1cccc2c1Cc1ccccc1-2. The van der Waals surface area contributed by atoms with Crippen molar-refractivity contribution >= 4 is 3.87 Å². The Bertz CT molecular complexity index is 780. The van der Waals surface area contributed by atoms with Gasteiger partial charge in [-0.3, -0.25) is 0 Å². The van der Waals surface area contributed by atoms with E-state index in [1.54, 1.807) is 13.3 Å². The van der Waals surface area contributed by atoms with E-state index >= 15 is 0 Å². The Kier molecular flexibility index (Phi) is 3.68. The molecular weight excluding hydrogens is 300 g/mol. The van der Waals surface area contributed by atoms with E-state index < -0.39 is 17.9 Å². The number of hydrogen-bond donors (Lipinski definition) is 0. The fourth-order valence-corrected chi connectivity index (χ4v) is 8.83. The summed E-state index contributed by atoms with van der Waals surface area (Å²) < 4.78 is 4.24. The topological polar surface area (TPSA) is 0 Å². The number of rotatable bonds is 3. The molecule has 2 aromatic rings. The van der Waals surface area contributed by atoms with Gasteiger partial charge in [-0.15, -0.1) is 0 Å². The normalized spacial score (nSPS) is 15.0. The van der Waals surface area contributed by atoms with Crippen LogP contribution < -0.4 is 3.87 Å². The average molecular weight is 321 g/mol. The van der Waals surface area contributed by atoms with Gasteiger partial charge in [-0.2, -0.15) is 0 Å². The Balaban J connectivity index is 1.84. The van der Waals surface area contributed by atoms with Crippen LogP contribution in [0.4, 0.5) is 0 Å². The first kappa shape index (κ1) is 14.2. The van der Waals surface area contributed by atoms with Crippen LogP contribution in [0, 0.1) is 0 Å². The molecule has 22 heavy (non-hydrogen) atoms. The molecular formula is C21H21Ti. The van der Waals surface area contributed by atoms with Gasteiger partial charge in [-0.05, 0) is 0 Å². The van der Waals surface area contributed by atoms with Gasteiger partial charge in [0.05, 0.1) is 0 Å². The Labute approximate surface area is 139 Å². The van der Waals surface area contributed by atoms with Crippen molar-refractivity contribution in [2.24, 2.45) is 0 Å². The van der Waals surface area contributed by atoms with Crippen molar-refractivity contribution in [1.29, 1.82) is 0 Å². The van der Waals surface area contributed by atoms with Crippen LogP contribution in [0.15, 0.2) is 64.6 Å². The predicted molar refractivity (Wildman–Crippen MR) is 91.3 cm³/mol. The van der Waals surface area contributed by atoms with Gasteiger partial charge in [-0.1, -0.05) is 0 Å². The number of allylic oxidation sites excluding steroid dienone is 4. The number of benzene rings is 2. The van der Waals surface area contributed by atoms with Gasteiger partial charge >= 0.3 is 139 Å². The maximum atomic E-state index is 2.43. The molecule has 0 fully saturated rings. The molecule has 0 unspecified atom stereocenters. The predicted octanol–water partition coefficient (Wildman–Crippen LogP) is 5.17. The molecule has 2 aromatic carbocycles. The second-order valence-electron chi connectivity index (χ2n) is 6.56. The van der Waals surface area contributed by atoms with E-state index in [2.05, 4.69) is 74.5 Å². The summed E-state index contributed by atoms with van der Waals surface area (Å²) in [6.45, 7) is 4.85. The van der Waals surface area contributed by atoms with E-state index in [0.717, 1.165) is 10.6 Å². The summed E-state index contributed by atoms with van der Waals surface area (Å²) in [4.78, 5) is 0. The zero-order valence-corrected chi connectivity index (χ0v) is 14.8. The van der Waals surface area contributed by atoms with Crippen molar-refractivity contribution in [1.82, 2.24) is 0 Å². The molecule has 1 heteroatoms. The molecule has 0 aliphatic heterocycles. The molecule has 0 atom stereocenters. The van der Waals surface area contributed by atoms with E-state index in [1.807, 2.05) is 0 Å². The standard InChI is InChI=1S/C13H9.C5H5.C3H7.Ti/c1-3-7-12-10(5-1)9-11-6-2-4-8-13(11)12;1-2-4-5-3-1;1-3-2;/h1-5,7-8H,9H2;1-3H,4H2;3H,1-2H3;. The van der Waals surface area contributed by atoms with Crippen LogP contribution in [0.3, 0.4) is 0 Å². The van der Waals surface area contributed by atoms with Gasteiger partial charge in [0.15, 0.2) is 0 Å². The first-order valence-corrected chi connectivity index (χ1v) is 10.7. The minimum absolute atomic E-state index is 0.793. The Hall–Kier alpha value is -1.37. The van der Waals surface area contributed by atoms with Gasteiger partial charge in [-0.25, -0.2) is 0 Å². The monoisotopic (exact) mass is 321 g/mol. The molecule has 2 aliphatic carbocycles. The van der Waals surface area contributed by atoms with Gasteiger partial charge in [0.1, 0.15) is 0 Å². The Morgan fingerprint density at radius 1 is 0.955 bits per heavy atom. The minimum atomic E-state index is -1.42. The fourth-order valence-electron chi connectivity index (χ4n) is 3.91. The molecule has 0 radical (unpaired) electrons. The van der Waals surface area contributed by atoms with E-state index in [0.29, 0.717) is 0 Å². The first-order chi connectivity index (χ1) is 10.8. The molecule has 0 N–H and O–H groups in total. The van der Waals surface area contributed by atoms with Crippen LogP contribution in [-0.4, -0.2) is 0 Å². The summed E-state index contributed by atoms with van der Waals surface area (Å²) in [5.74, 6) is 0. The number of fused-ring (bicyclic) bond motifs is 3. The molecule has 4 rings (SSSR count). The Morgan fingerprint density at radius 2 is 1.77 bits per heavy atom. The van der Waals surface area contributed by atoms with Gasteiger partial charge in [0.2, 0.25) is 0 Å². The maximum absolute atomic E-state index is 2.43. The zero-order valence-electron chi connectivity index (χ0n) is 13.3. The fraction of sp³-hybridized carbons (Fsp3) is 0.238. The van der Waals surface area contributed by atoms with Crippen molar-refractivity contribution in [3.8, 4) is 11.1 Å². The van der Waals surface area contributed by atoms with Crippen LogP contribution in [0.1, 0.15) is 31.4 Å². The molecule has 0 aromatic heterocycles. The zero-order chi connectivity index (χ0) is 15.1. The van der Waals surface area contributed by atoms with Gasteiger partial charge in [0, 0.05) is 0 Å². The summed E-state index contributed by atoms with van der Waals surface area (Å²) in [6.07, 6.45) is 9.29. The van der Waals surface area contributed by atoms with Crippen LogP contribution >= 0.6 is 0 Å². The molecule has 0 heterocycles. The molecule has 0 spiro atoms. The summed E-state index contributed by atoms with van der Waals surface area (Å²) >= 11 is -1.42. The third kappa shape index (κ3) is 2.26. The van der Waals surface area contributed by atoms with Crippen LogP contribution in [0.2, 0.25) is 4.22 Å². The van der Waals surface area contributed by atoms with Crippen molar-refractivity contribution in [2.45, 2.75) is 30.9 Å². The summed E-state index contributed by atoms with van der Waals surface area (Å²) in [5, 5.41) is 0. The summed E-state index contributed by atoms with van der Waals surface area (Å²) in [6, 6.07) is 16.0. The van der Waals surface area contributed by atoms with Gasteiger partial charge < -0.3 is 0 Å². The van der Waals surface area contributed by atoms with Crippen LogP contribution in [-0.2, 0) is 24.3 Å². The molecule has 109 valence electrons. The van der Waals surface area contributed by atoms with E-state index in [-0.39, 0.29) is 0 Å². The number of hydrogen-bond acceptors (Lipinski definition) is 0. The third-order valence-corrected chi connectivity index (χ3v) is 9.94. The van der Waals surface area contributed by atoms with Crippen molar-refractivity contribution < 1.29 is 17.9 Å².